The second-order valence-corrected chi connectivity index (χ2v) is 4.97. The van der Waals surface area contributed by atoms with E-state index in [2.05, 4.69) is 10.2 Å². The maximum Gasteiger partial charge on any atom is 0.189 e. The summed E-state index contributed by atoms with van der Waals surface area (Å²) in [7, 11) is 1.83. The van der Waals surface area contributed by atoms with Crippen LogP contribution in [-0.4, -0.2) is 25.3 Å². The van der Waals surface area contributed by atoms with Crippen molar-refractivity contribution < 1.29 is 4.79 Å². The first-order valence-electron chi connectivity index (χ1n) is 6.39. The molecule has 0 spiro atoms. The minimum absolute atomic E-state index is 0.0759. The molecule has 0 aromatic carbocycles. The minimum Gasteiger partial charge on any atom is -0.289 e. The van der Waals surface area contributed by atoms with Crippen molar-refractivity contribution in [3.8, 4) is 0 Å². The van der Waals surface area contributed by atoms with Crippen LogP contribution in [0.5, 0.6) is 0 Å². The molecule has 0 radical (unpaired) electrons. The third-order valence-corrected chi connectivity index (χ3v) is 3.57. The molecule has 0 saturated heterocycles. The molecule has 0 bridgehead atoms. The highest BCUT2D eigenvalue weighted by molar-refractivity contribution is 6.31. The molecule has 2 aromatic rings. The van der Waals surface area contributed by atoms with Gasteiger partial charge in [0.25, 0.3) is 0 Å². The number of carbonyl (C=O) groups is 1. The van der Waals surface area contributed by atoms with Gasteiger partial charge in [0.05, 0.1) is 28.2 Å². The molecule has 106 valence electrons. The van der Waals surface area contributed by atoms with Crippen molar-refractivity contribution in [2.45, 2.75) is 27.3 Å². The van der Waals surface area contributed by atoms with E-state index in [1.165, 1.54) is 6.08 Å². The Morgan fingerprint density at radius 2 is 2.15 bits per heavy atom. The number of aromatic nitrogens is 4. The van der Waals surface area contributed by atoms with E-state index in [4.69, 9.17) is 11.6 Å². The van der Waals surface area contributed by atoms with Gasteiger partial charge in [0, 0.05) is 19.3 Å². The van der Waals surface area contributed by atoms with Gasteiger partial charge in [0.15, 0.2) is 5.78 Å². The number of hydrogen-bond donors (Lipinski definition) is 0. The molecular formula is C14H17ClN4O. The Balaban J connectivity index is 2.32. The molecule has 0 saturated carbocycles. The van der Waals surface area contributed by atoms with Crippen molar-refractivity contribution in [1.29, 1.82) is 0 Å². The Kier molecular flexibility index (Phi) is 4.09. The summed E-state index contributed by atoms with van der Waals surface area (Å²) in [4.78, 5) is 12.3. The highest BCUT2D eigenvalue weighted by Gasteiger charge is 2.15. The lowest BCUT2D eigenvalue weighted by Gasteiger charge is -2.00. The van der Waals surface area contributed by atoms with Gasteiger partial charge in [-0.2, -0.15) is 10.2 Å². The summed E-state index contributed by atoms with van der Waals surface area (Å²) in [5.41, 5.74) is 2.96. The minimum atomic E-state index is -0.0759. The summed E-state index contributed by atoms with van der Waals surface area (Å²) in [5, 5.41) is 8.91. The van der Waals surface area contributed by atoms with Crippen LogP contribution in [0.1, 0.15) is 34.4 Å². The van der Waals surface area contributed by atoms with Crippen molar-refractivity contribution in [3.63, 3.8) is 0 Å². The molecule has 0 atom stereocenters. The number of nitrogens with zero attached hydrogens (tertiary/aromatic N) is 4. The third kappa shape index (κ3) is 2.54. The fraction of sp³-hybridized carbons (Fsp3) is 0.357. The highest BCUT2D eigenvalue weighted by atomic mass is 35.5. The molecule has 0 aliphatic rings. The van der Waals surface area contributed by atoms with Gasteiger partial charge in [0.2, 0.25) is 0 Å². The van der Waals surface area contributed by atoms with Crippen LogP contribution in [0.4, 0.5) is 0 Å². The largest absolute Gasteiger partial charge is 0.289 e. The third-order valence-electron chi connectivity index (χ3n) is 3.28. The Morgan fingerprint density at radius 1 is 1.45 bits per heavy atom. The van der Waals surface area contributed by atoms with Crippen LogP contribution in [0, 0.1) is 13.8 Å². The van der Waals surface area contributed by atoms with E-state index in [1.807, 2.05) is 27.8 Å². The zero-order chi connectivity index (χ0) is 14.9. The number of hydrogen-bond acceptors (Lipinski definition) is 3. The SMILES string of the molecule is CCn1ncc(Cl)c1/C=C/C(=O)c1c(C)nn(C)c1C. The van der Waals surface area contributed by atoms with Crippen LogP contribution in [0.25, 0.3) is 6.08 Å². The molecule has 2 aromatic heterocycles. The van der Waals surface area contributed by atoms with Gasteiger partial charge in [-0.3, -0.25) is 14.2 Å². The molecular weight excluding hydrogens is 276 g/mol. The number of ketones is 1. The molecule has 20 heavy (non-hydrogen) atoms. The van der Waals surface area contributed by atoms with Gasteiger partial charge >= 0.3 is 0 Å². The van der Waals surface area contributed by atoms with E-state index in [0.29, 0.717) is 17.1 Å². The van der Waals surface area contributed by atoms with E-state index in [0.717, 1.165) is 17.1 Å². The van der Waals surface area contributed by atoms with Crippen molar-refractivity contribution in [3.05, 3.63) is 39.9 Å². The lowest BCUT2D eigenvalue weighted by molar-refractivity contribution is 0.104. The van der Waals surface area contributed by atoms with Crippen LogP contribution in [0.3, 0.4) is 0 Å². The van der Waals surface area contributed by atoms with Gasteiger partial charge in [-0.25, -0.2) is 0 Å². The maximum absolute atomic E-state index is 12.3. The molecule has 0 N–H and O–H groups in total. The fourth-order valence-electron chi connectivity index (χ4n) is 2.16. The lowest BCUT2D eigenvalue weighted by Crippen LogP contribution is -2.01. The van der Waals surface area contributed by atoms with E-state index in [-0.39, 0.29) is 5.78 Å². The fourth-order valence-corrected chi connectivity index (χ4v) is 2.36. The van der Waals surface area contributed by atoms with Crippen molar-refractivity contribution in [2.75, 3.05) is 0 Å². The molecule has 0 unspecified atom stereocenters. The topological polar surface area (TPSA) is 52.7 Å². The summed E-state index contributed by atoms with van der Waals surface area (Å²) >= 11 is 6.06. The predicted octanol–water partition coefficient (Wildman–Crippen LogP) is 2.80. The number of rotatable bonds is 4. The molecule has 0 fully saturated rings. The number of halogens is 1. The first-order valence-corrected chi connectivity index (χ1v) is 6.77. The van der Waals surface area contributed by atoms with E-state index < -0.39 is 0 Å². The maximum atomic E-state index is 12.3. The average Bonchev–Trinajstić information content (AvgIpc) is 2.88. The molecule has 5 nitrogen and oxygen atoms in total. The van der Waals surface area contributed by atoms with Gasteiger partial charge in [-0.05, 0) is 32.9 Å². The van der Waals surface area contributed by atoms with Gasteiger partial charge in [0.1, 0.15) is 0 Å². The lowest BCUT2D eigenvalue weighted by atomic mass is 10.1. The summed E-state index contributed by atoms with van der Waals surface area (Å²) in [6.07, 6.45) is 4.80. The normalized spacial score (nSPS) is 11.4. The number of aryl methyl sites for hydroxylation is 3. The second-order valence-electron chi connectivity index (χ2n) is 4.56. The summed E-state index contributed by atoms with van der Waals surface area (Å²) in [5.74, 6) is -0.0759. The molecule has 0 aliphatic carbocycles. The Morgan fingerprint density at radius 3 is 2.70 bits per heavy atom. The van der Waals surface area contributed by atoms with Crippen LogP contribution < -0.4 is 0 Å². The summed E-state index contributed by atoms with van der Waals surface area (Å²) in [6, 6.07) is 0. The van der Waals surface area contributed by atoms with Crippen molar-refractivity contribution >= 4 is 23.5 Å². The van der Waals surface area contributed by atoms with Gasteiger partial charge < -0.3 is 0 Å². The van der Waals surface area contributed by atoms with Crippen LogP contribution in [0.2, 0.25) is 5.02 Å². The Labute approximate surface area is 122 Å². The van der Waals surface area contributed by atoms with E-state index >= 15 is 0 Å². The smallest absolute Gasteiger partial charge is 0.189 e. The van der Waals surface area contributed by atoms with Crippen LogP contribution >= 0.6 is 11.6 Å². The second kappa shape index (κ2) is 5.63. The van der Waals surface area contributed by atoms with Gasteiger partial charge in [-0.15, -0.1) is 0 Å². The van der Waals surface area contributed by atoms with Crippen molar-refractivity contribution in [1.82, 2.24) is 19.6 Å². The quantitative estimate of drug-likeness (QED) is 0.643. The first-order chi connectivity index (χ1) is 9.45. The molecule has 2 heterocycles. The predicted molar refractivity (Wildman–Crippen MR) is 79.0 cm³/mol. The number of carbonyl (C=O) groups excluding carboxylic acids is 1. The molecule has 6 heteroatoms. The standard InChI is InChI=1S/C14H17ClN4O/c1-5-19-12(11(15)8-16-19)6-7-13(20)14-9(2)17-18(4)10(14)3/h6-8H,5H2,1-4H3/b7-6+. The molecule has 0 amide bonds. The number of allylic oxidation sites excluding steroid dienone is 1. The highest BCUT2D eigenvalue weighted by Crippen LogP contribution is 2.18. The summed E-state index contributed by atoms with van der Waals surface area (Å²) < 4.78 is 3.45. The molecule has 2 rings (SSSR count). The zero-order valence-electron chi connectivity index (χ0n) is 12.0. The van der Waals surface area contributed by atoms with E-state index in [1.54, 1.807) is 21.6 Å². The summed E-state index contributed by atoms with van der Waals surface area (Å²) in [6.45, 7) is 6.38. The van der Waals surface area contributed by atoms with Crippen molar-refractivity contribution in [2.24, 2.45) is 7.05 Å². The first kappa shape index (κ1) is 14.5. The van der Waals surface area contributed by atoms with Crippen LogP contribution in [0.15, 0.2) is 12.3 Å². The molecule has 0 aliphatic heterocycles. The monoisotopic (exact) mass is 292 g/mol. The Hall–Kier alpha value is -1.88. The average molecular weight is 293 g/mol. The van der Waals surface area contributed by atoms with Crippen LogP contribution in [-0.2, 0) is 13.6 Å². The van der Waals surface area contributed by atoms with Gasteiger partial charge in [-0.1, -0.05) is 11.6 Å². The zero-order valence-corrected chi connectivity index (χ0v) is 12.8. The Bertz CT molecular complexity index is 682. The van der Waals surface area contributed by atoms with E-state index in [9.17, 15) is 4.79 Å².